The van der Waals surface area contributed by atoms with Crippen LogP contribution in [0.5, 0.6) is 0 Å². The summed E-state index contributed by atoms with van der Waals surface area (Å²) in [6, 6.07) is 0. The molecular weight excluding hydrogens is 174 g/mol. The highest BCUT2D eigenvalue weighted by atomic mass is 15.0. The van der Waals surface area contributed by atoms with E-state index < -0.39 is 0 Å². The molecule has 1 fully saturated rings. The molecule has 3 unspecified atom stereocenters. The van der Waals surface area contributed by atoms with E-state index in [1.54, 1.807) is 6.20 Å². The third kappa shape index (κ3) is 1.46. The summed E-state index contributed by atoms with van der Waals surface area (Å²) in [5, 5.41) is 0. The molecule has 3 atom stereocenters. The Hall–Kier alpha value is -0.830. The van der Waals surface area contributed by atoms with Gasteiger partial charge >= 0.3 is 0 Å². The van der Waals surface area contributed by atoms with Crippen molar-refractivity contribution >= 4 is 0 Å². The highest BCUT2D eigenvalue weighted by molar-refractivity contribution is 5.09. The van der Waals surface area contributed by atoms with E-state index in [0.717, 1.165) is 12.2 Å². The highest BCUT2D eigenvalue weighted by Crippen LogP contribution is 2.40. The van der Waals surface area contributed by atoms with Crippen molar-refractivity contribution < 1.29 is 0 Å². The van der Waals surface area contributed by atoms with Crippen LogP contribution in [0.1, 0.15) is 38.9 Å². The van der Waals surface area contributed by atoms with Gasteiger partial charge in [-0.2, -0.15) is 0 Å². The second-order valence-electron chi connectivity index (χ2n) is 4.77. The predicted molar refractivity (Wildman–Crippen MR) is 56.6 cm³/mol. The molecule has 3 heteroatoms. The molecule has 2 rings (SSSR count). The van der Waals surface area contributed by atoms with Gasteiger partial charge in [0.1, 0.15) is 5.82 Å². The van der Waals surface area contributed by atoms with Crippen LogP contribution in [-0.4, -0.2) is 9.97 Å². The zero-order valence-electron chi connectivity index (χ0n) is 8.96. The molecule has 1 heterocycles. The number of nitrogens with two attached hydrogens (primary N) is 1. The van der Waals surface area contributed by atoms with Crippen molar-refractivity contribution in [2.45, 2.75) is 38.6 Å². The molecule has 1 aliphatic rings. The van der Waals surface area contributed by atoms with Crippen LogP contribution in [0.15, 0.2) is 12.4 Å². The highest BCUT2D eigenvalue weighted by Gasteiger charge is 2.40. The number of imidazole rings is 1. The van der Waals surface area contributed by atoms with Crippen molar-refractivity contribution in [3.05, 3.63) is 18.2 Å². The average Bonchev–Trinajstić information content (AvgIpc) is 2.65. The van der Waals surface area contributed by atoms with Crippen molar-refractivity contribution in [1.82, 2.24) is 9.97 Å². The van der Waals surface area contributed by atoms with Gasteiger partial charge in [0.2, 0.25) is 0 Å². The SMILES string of the molecule is CC1CCC(C)C(N)(c2ncc[nH]2)C1. The molecule has 1 aromatic rings. The summed E-state index contributed by atoms with van der Waals surface area (Å²) < 4.78 is 0. The Balaban J connectivity index is 2.28. The molecule has 0 aliphatic heterocycles. The molecule has 0 saturated heterocycles. The van der Waals surface area contributed by atoms with Crippen molar-refractivity contribution in [3.8, 4) is 0 Å². The predicted octanol–water partition coefficient (Wildman–Crippen LogP) is 2.02. The number of H-pyrrole nitrogens is 1. The summed E-state index contributed by atoms with van der Waals surface area (Å²) >= 11 is 0. The summed E-state index contributed by atoms with van der Waals surface area (Å²) in [5.74, 6) is 2.18. The van der Waals surface area contributed by atoms with Crippen LogP contribution in [-0.2, 0) is 5.54 Å². The van der Waals surface area contributed by atoms with E-state index in [4.69, 9.17) is 5.73 Å². The molecule has 0 spiro atoms. The second kappa shape index (κ2) is 3.39. The first-order valence-electron chi connectivity index (χ1n) is 5.41. The Morgan fingerprint density at radius 1 is 1.50 bits per heavy atom. The Bertz CT molecular complexity index is 293. The molecule has 78 valence electrons. The van der Waals surface area contributed by atoms with Gasteiger partial charge in [0, 0.05) is 12.4 Å². The molecule has 1 aliphatic carbocycles. The van der Waals surface area contributed by atoms with E-state index in [-0.39, 0.29) is 5.54 Å². The van der Waals surface area contributed by atoms with Crippen LogP contribution in [0, 0.1) is 11.8 Å². The van der Waals surface area contributed by atoms with Gasteiger partial charge in [-0.1, -0.05) is 20.3 Å². The number of nitrogens with zero attached hydrogens (tertiary/aromatic N) is 1. The second-order valence-corrected chi connectivity index (χ2v) is 4.77. The van der Waals surface area contributed by atoms with E-state index >= 15 is 0 Å². The molecule has 0 radical (unpaired) electrons. The topological polar surface area (TPSA) is 54.7 Å². The van der Waals surface area contributed by atoms with E-state index in [0.29, 0.717) is 11.8 Å². The Labute approximate surface area is 85.1 Å². The third-order valence-electron chi connectivity index (χ3n) is 3.60. The van der Waals surface area contributed by atoms with Crippen LogP contribution in [0.4, 0.5) is 0 Å². The fourth-order valence-electron chi connectivity index (χ4n) is 2.52. The third-order valence-corrected chi connectivity index (χ3v) is 3.60. The number of nitrogens with one attached hydrogen (secondary N) is 1. The molecule has 0 bridgehead atoms. The maximum atomic E-state index is 6.46. The lowest BCUT2D eigenvalue weighted by atomic mass is 9.70. The van der Waals surface area contributed by atoms with Crippen molar-refractivity contribution in [2.24, 2.45) is 17.6 Å². The quantitative estimate of drug-likeness (QED) is 0.717. The summed E-state index contributed by atoms with van der Waals surface area (Å²) in [6.07, 6.45) is 7.19. The number of rotatable bonds is 1. The standard InChI is InChI=1S/C11H19N3/c1-8-3-4-9(2)11(12,7-8)10-13-5-6-14-10/h5-6,8-9H,3-4,7,12H2,1-2H3,(H,13,14). The maximum Gasteiger partial charge on any atom is 0.126 e. The first-order chi connectivity index (χ1) is 6.63. The zero-order valence-corrected chi connectivity index (χ0v) is 8.96. The van der Waals surface area contributed by atoms with E-state index in [9.17, 15) is 0 Å². The van der Waals surface area contributed by atoms with E-state index in [1.807, 2.05) is 6.20 Å². The fourth-order valence-corrected chi connectivity index (χ4v) is 2.52. The van der Waals surface area contributed by atoms with Crippen molar-refractivity contribution in [3.63, 3.8) is 0 Å². The van der Waals surface area contributed by atoms with Gasteiger partial charge in [-0.3, -0.25) is 0 Å². The average molecular weight is 193 g/mol. The van der Waals surface area contributed by atoms with Gasteiger partial charge < -0.3 is 10.7 Å². The smallest absolute Gasteiger partial charge is 0.126 e. The number of hydrogen-bond donors (Lipinski definition) is 2. The molecule has 3 nitrogen and oxygen atoms in total. The van der Waals surface area contributed by atoms with Gasteiger partial charge in [-0.15, -0.1) is 0 Å². The minimum atomic E-state index is -0.235. The van der Waals surface area contributed by atoms with Crippen molar-refractivity contribution in [2.75, 3.05) is 0 Å². The van der Waals surface area contributed by atoms with Gasteiger partial charge in [-0.05, 0) is 24.7 Å². The van der Waals surface area contributed by atoms with Gasteiger partial charge in [0.15, 0.2) is 0 Å². The molecule has 3 N–H and O–H groups in total. The first-order valence-corrected chi connectivity index (χ1v) is 5.41. The van der Waals surface area contributed by atoms with E-state index in [1.165, 1.54) is 12.8 Å². The summed E-state index contributed by atoms with van der Waals surface area (Å²) in [5.41, 5.74) is 6.23. The summed E-state index contributed by atoms with van der Waals surface area (Å²) in [4.78, 5) is 7.48. The summed E-state index contributed by atoms with van der Waals surface area (Å²) in [7, 11) is 0. The molecule has 1 aromatic heterocycles. The van der Waals surface area contributed by atoms with Crippen molar-refractivity contribution in [1.29, 1.82) is 0 Å². The number of hydrogen-bond acceptors (Lipinski definition) is 2. The molecule has 0 amide bonds. The van der Waals surface area contributed by atoms with E-state index in [2.05, 4.69) is 23.8 Å². The van der Waals surface area contributed by atoms with Gasteiger partial charge in [0.25, 0.3) is 0 Å². The molecule has 0 aromatic carbocycles. The number of aromatic nitrogens is 2. The van der Waals surface area contributed by atoms with Crippen LogP contribution >= 0.6 is 0 Å². The Morgan fingerprint density at radius 2 is 2.29 bits per heavy atom. The largest absolute Gasteiger partial charge is 0.347 e. The van der Waals surface area contributed by atoms with Crippen LogP contribution in [0.25, 0.3) is 0 Å². The molecule has 14 heavy (non-hydrogen) atoms. The Kier molecular flexibility index (Phi) is 2.35. The minimum Gasteiger partial charge on any atom is -0.347 e. The lowest BCUT2D eigenvalue weighted by Gasteiger charge is -2.40. The minimum absolute atomic E-state index is 0.235. The fraction of sp³-hybridized carbons (Fsp3) is 0.727. The van der Waals surface area contributed by atoms with Crippen LogP contribution < -0.4 is 5.73 Å². The van der Waals surface area contributed by atoms with Gasteiger partial charge in [-0.25, -0.2) is 4.98 Å². The maximum absolute atomic E-state index is 6.46. The monoisotopic (exact) mass is 193 g/mol. The zero-order chi connectivity index (χ0) is 10.2. The van der Waals surface area contributed by atoms with Crippen LogP contribution in [0.3, 0.4) is 0 Å². The normalized spacial score (nSPS) is 38.5. The lowest BCUT2D eigenvalue weighted by molar-refractivity contribution is 0.153. The van der Waals surface area contributed by atoms with Crippen LogP contribution in [0.2, 0.25) is 0 Å². The lowest BCUT2D eigenvalue weighted by Crippen LogP contribution is -2.48. The van der Waals surface area contributed by atoms with Gasteiger partial charge in [0.05, 0.1) is 5.54 Å². The summed E-state index contributed by atoms with van der Waals surface area (Å²) in [6.45, 7) is 4.50. The first kappa shape index (κ1) is 9.71. The molecule has 1 saturated carbocycles. The Morgan fingerprint density at radius 3 is 2.93 bits per heavy atom. The number of aromatic amines is 1. The molecular formula is C11H19N3.